The minimum Gasteiger partial charge on any atom is -0.375 e. The lowest BCUT2D eigenvalue weighted by Crippen LogP contribution is -2.11. The predicted molar refractivity (Wildman–Crippen MR) is 36.1 cm³/mol. The molecule has 0 spiro atoms. The summed E-state index contributed by atoms with van der Waals surface area (Å²) >= 11 is 0. The number of carbonyl (C=O) groups excluding carboxylic acids is 1. The van der Waals surface area contributed by atoms with Crippen LogP contribution in [0.4, 0.5) is 4.39 Å². The summed E-state index contributed by atoms with van der Waals surface area (Å²) in [5, 5.41) is 0. The van der Waals surface area contributed by atoms with E-state index in [0.717, 1.165) is 25.9 Å². The molecule has 0 aromatic heterocycles. The monoisotopic (exact) mass is 143 g/mol. The van der Waals surface area contributed by atoms with Gasteiger partial charge in [0.05, 0.1) is 0 Å². The van der Waals surface area contributed by atoms with E-state index in [1.165, 1.54) is 6.20 Å². The van der Waals surface area contributed by atoms with Crippen molar-refractivity contribution < 1.29 is 9.18 Å². The topological polar surface area (TPSA) is 20.3 Å². The van der Waals surface area contributed by atoms with E-state index in [-0.39, 0.29) is 6.29 Å². The lowest BCUT2D eigenvalue weighted by molar-refractivity contribution is -0.106. The molecule has 1 heterocycles. The van der Waals surface area contributed by atoms with Gasteiger partial charge in [0.15, 0.2) is 12.1 Å². The molecule has 0 radical (unpaired) electrons. The Morgan fingerprint density at radius 2 is 2.00 bits per heavy atom. The van der Waals surface area contributed by atoms with Crippen LogP contribution in [0.5, 0.6) is 0 Å². The molecule has 1 rings (SSSR count). The highest BCUT2D eigenvalue weighted by molar-refractivity contribution is 5.69. The molecular weight excluding hydrogens is 133 g/mol. The Hall–Kier alpha value is -0.860. The van der Waals surface area contributed by atoms with Crippen molar-refractivity contribution in [2.45, 2.75) is 12.8 Å². The Balaban J connectivity index is 2.42. The van der Waals surface area contributed by atoms with Crippen molar-refractivity contribution in [2.75, 3.05) is 13.1 Å². The summed E-state index contributed by atoms with van der Waals surface area (Å²) in [5.41, 5.74) is 0. The molecule has 1 fully saturated rings. The minimum absolute atomic E-state index is 0.234. The molecule has 3 heteroatoms. The van der Waals surface area contributed by atoms with E-state index in [2.05, 4.69) is 0 Å². The van der Waals surface area contributed by atoms with Gasteiger partial charge in [0.25, 0.3) is 0 Å². The van der Waals surface area contributed by atoms with Crippen LogP contribution in [0.1, 0.15) is 12.8 Å². The summed E-state index contributed by atoms with van der Waals surface area (Å²) in [7, 11) is 0. The molecule has 0 aliphatic carbocycles. The number of rotatable bonds is 2. The lowest BCUT2D eigenvalue weighted by atomic mass is 10.4. The average Bonchev–Trinajstić information content (AvgIpc) is 2.40. The molecule has 1 aliphatic rings. The van der Waals surface area contributed by atoms with Crippen LogP contribution in [-0.4, -0.2) is 24.3 Å². The fourth-order valence-electron chi connectivity index (χ4n) is 1.08. The fourth-order valence-corrected chi connectivity index (χ4v) is 1.08. The molecule has 0 N–H and O–H groups in total. The van der Waals surface area contributed by atoms with Crippen LogP contribution in [0.15, 0.2) is 12.0 Å². The second kappa shape index (κ2) is 3.34. The Labute approximate surface area is 59.3 Å². The predicted octanol–water partition coefficient (Wildman–Crippen LogP) is 1.09. The van der Waals surface area contributed by atoms with Gasteiger partial charge in [-0.15, -0.1) is 0 Å². The third-order valence-corrected chi connectivity index (χ3v) is 1.56. The van der Waals surface area contributed by atoms with E-state index in [1.54, 1.807) is 0 Å². The zero-order valence-corrected chi connectivity index (χ0v) is 5.72. The number of aldehydes is 1. The summed E-state index contributed by atoms with van der Waals surface area (Å²) in [6, 6.07) is 0. The van der Waals surface area contributed by atoms with Crippen molar-refractivity contribution in [3.63, 3.8) is 0 Å². The Kier molecular flexibility index (Phi) is 2.42. The second-order valence-corrected chi connectivity index (χ2v) is 2.37. The molecule has 56 valence electrons. The lowest BCUT2D eigenvalue weighted by Gasteiger charge is -2.08. The van der Waals surface area contributed by atoms with Gasteiger partial charge in [-0.2, -0.15) is 0 Å². The molecule has 0 aromatic rings. The highest BCUT2D eigenvalue weighted by atomic mass is 19.1. The molecule has 0 bridgehead atoms. The largest absolute Gasteiger partial charge is 0.375 e. The zero-order valence-electron chi connectivity index (χ0n) is 5.72. The first-order chi connectivity index (χ1) is 4.83. The fraction of sp³-hybridized carbons (Fsp3) is 0.571. The Morgan fingerprint density at radius 1 is 1.40 bits per heavy atom. The smallest absolute Gasteiger partial charge is 0.179 e. The number of allylic oxidation sites excluding steroid dienone is 1. The standard InChI is InChI=1S/C7H10FNO/c8-7(6-10)5-9-3-1-2-4-9/h5-6H,1-4H2/b7-5-. The van der Waals surface area contributed by atoms with Crippen molar-refractivity contribution in [1.29, 1.82) is 0 Å². The van der Waals surface area contributed by atoms with Crippen LogP contribution in [0.2, 0.25) is 0 Å². The quantitative estimate of drug-likeness (QED) is 0.426. The summed E-state index contributed by atoms with van der Waals surface area (Å²) < 4.78 is 12.2. The van der Waals surface area contributed by atoms with Gasteiger partial charge in [-0.1, -0.05) is 0 Å². The van der Waals surface area contributed by atoms with Crippen LogP contribution in [0, 0.1) is 0 Å². The summed E-state index contributed by atoms with van der Waals surface area (Å²) in [6.45, 7) is 1.75. The van der Waals surface area contributed by atoms with Crippen LogP contribution < -0.4 is 0 Å². The van der Waals surface area contributed by atoms with Gasteiger partial charge in [-0.05, 0) is 12.8 Å². The van der Waals surface area contributed by atoms with E-state index in [4.69, 9.17) is 0 Å². The van der Waals surface area contributed by atoms with Crippen molar-refractivity contribution in [3.05, 3.63) is 12.0 Å². The first kappa shape index (κ1) is 7.25. The van der Waals surface area contributed by atoms with E-state index < -0.39 is 5.83 Å². The molecule has 0 atom stereocenters. The first-order valence-corrected chi connectivity index (χ1v) is 3.39. The van der Waals surface area contributed by atoms with E-state index in [1.807, 2.05) is 4.90 Å². The van der Waals surface area contributed by atoms with Gasteiger partial charge in [0.2, 0.25) is 0 Å². The molecule has 10 heavy (non-hydrogen) atoms. The van der Waals surface area contributed by atoms with E-state index in [0.29, 0.717) is 0 Å². The van der Waals surface area contributed by atoms with Gasteiger partial charge in [0, 0.05) is 19.3 Å². The van der Waals surface area contributed by atoms with Gasteiger partial charge in [-0.3, -0.25) is 4.79 Å². The molecule has 0 unspecified atom stereocenters. The number of nitrogens with zero attached hydrogens (tertiary/aromatic N) is 1. The molecule has 1 aliphatic heterocycles. The maximum Gasteiger partial charge on any atom is 0.179 e. The summed E-state index contributed by atoms with van der Waals surface area (Å²) in [4.78, 5) is 11.6. The molecule has 2 nitrogen and oxygen atoms in total. The average molecular weight is 143 g/mol. The van der Waals surface area contributed by atoms with Crippen molar-refractivity contribution in [2.24, 2.45) is 0 Å². The van der Waals surface area contributed by atoms with Crippen molar-refractivity contribution in [3.8, 4) is 0 Å². The van der Waals surface area contributed by atoms with Crippen LogP contribution in [0.25, 0.3) is 0 Å². The third-order valence-electron chi connectivity index (χ3n) is 1.56. The van der Waals surface area contributed by atoms with E-state index in [9.17, 15) is 9.18 Å². The highest BCUT2D eigenvalue weighted by Crippen LogP contribution is 2.08. The Bertz CT molecular complexity index is 150. The number of hydrogen-bond acceptors (Lipinski definition) is 2. The SMILES string of the molecule is O=C/C(F)=C/N1CCCC1. The third kappa shape index (κ3) is 1.83. The van der Waals surface area contributed by atoms with Gasteiger partial charge in [-0.25, -0.2) is 4.39 Å². The highest BCUT2D eigenvalue weighted by Gasteiger charge is 2.07. The van der Waals surface area contributed by atoms with Crippen LogP contribution >= 0.6 is 0 Å². The van der Waals surface area contributed by atoms with Crippen LogP contribution in [-0.2, 0) is 4.79 Å². The second-order valence-electron chi connectivity index (χ2n) is 2.37. The zero-order chi connectivity index (χ0) is 7.40. The van der Waals surface area contributed by atoms with Gasteiger partial charge < -0.3 is 4.90 Å². The molecule has 0 aromatic carbocycles. The van der Waals surface area contributed by atoms with Crippen LogP contribution in [0.3, 0.4) is 0 Å². The maximum atomic E-state index is 12.2. The number of likely N-dealkylation sites (tertiary alicyclic amines) is 1. The van der Waals surface area contributed by atoms with Crippen molar-refractivity contribution >= 4 is 6.29 Å². The number of carbonyl (C=O) groups is 1. The van der Waals surface area contributed by atoms with Gasteiger partial charge in [0.1, 0.15) is 0 Å². The molecule has 0 saturated carbocycles. The number of halogens is 1. The van der Waals surface area contributed by atoms with Crippen molar-refractivity contribution in [1.82, 2.24) is 4.90 Å². The molecule has 1 saturated heterocycles. The Morgan fingerprint density at radius 3 is 2.50 bits per heavy atom. The normalized spacial score (nSPS) is 19.7. The van der Waals surface area contributed by atoms with E-state index >= 15 is 0 Å². The molecular formula is C7H10FNO. The minimum atomic E-state index is -0.679. The maximum absolute atomic E-state index is 12.2. The first-order valence-electron chi connectivity index (χ1n) is 3.39. The van der Waals surface area contributed by atoms with Gasteiger partial charge >= 0.3 is 0 Å². The summed E-state index contributed by atoms with van der Waals surface area (Å²) in [5.74, 6) is -0.679. The number of hydrogen-bond donors (Lipinski definition) is 0. The molecule has 0 amide bonds. The summed E-state index contributed by atoms with van der Waals surface area (Å²) in [6.07, 6.45) is 3.71.